The highest BCUT2D eigenvalue weighted by Crippen LogP contribution is 2.16. The second kappa shape index (κ2) is 6.89. The zero-order valence-electron chi connectivity index (χ0n) is 11.5. The van der Waals surface area contributed by atoms with Crippen molar-refractivity contribution in [3.63, 3.8) is 0 Å². The molecular formula is C13H28N2O. The maximum atomic E-state index is 12.1. The largest absolute Gasteiger partial charge is 0.349 e. The maximum Gasteiger partial charge on any atom is 0.223 e. The summed E-state index contributed by atoms with van der Waals surface area (Å²) in [6.07, 6.45) is 4.04. The lowest BCUT2D eigenvalue weighted by Crippen LogP contribution is -2.55. The van der Waals surface area contributed by atoms with Crippen LogP contribution in [0.2, 0.25) is 0 Å². The summed E-state index contributed by atoms with van der Waals surface area (Å²) in [6, 6.07) is -0.0413. The molecule has 3 nitrogen and oxygen atoms in total. The minimum atomic E-state index is -0.323. The molecule has 0 saturated carbocycles. The van der Waals surface area contributed by atoms with Gasteiger partial charge in [0.1, 0.15) is 0 Å². The monoisotopic (exact) mass is 228 g/mol. The smallest absolute Gasteiger partial charge is 0.223 e. The Balaban J connectivity index is 4.40. The summed E-state index contributed by atoms with van der Waals surface area (Å²) in [6.45, 7) is 10.1. The summed E-state index contributed by atoms with van der Waals surface area (Å²) in [5.41, 5.74) is 5.53. The van der Waals surface area contributed by atoms with E-state index in [1.54, 1.807) is 0 Å². The van der Waals surface area contributed by atoms with Crippen LogP contribution in [0.3, 0.4) is 0 Å². The molecule has 0 saturated heterocycles. The van der Waals surface area contributed by atoms with Crippen molar-refractivity contribution in [1.82, 2.24) is 5.32 Å². The Labute approximate surface area is 100 Å². The number of rotatable bonds is 7. The van der Waals surface area contributed by atoms with Gasteiger partial charge in [0.15, 0.2) is 0 Å². The first-order chi connectivity index (χ1) is 7.35. The van der Waals surface area contributed by atoms with Crippen molar-refractivity contribution in [3.8, 4) is 0 Å². The fourth-order valence-corrected chi connectivity index (χ4v) is 1.64. The quantitative estimate of drug-likeness (QED) is 0.703. The Morgan fingerprint density at radius 1 is 1.25 bits per heavy atom. The van der Waals surface area contributed by atoms with Gasteiger partial charge >= 0.3 is 0 Å². The molecule has 0 aliphatic carbocycles. The lowest BCUT2D eigenvalue weighted by Gasteiger charge is -2.32. The third-order valence-corrected chi connectivity index (χ3v) is 3.23. The predicted octanol–water partition coefficient (Wildman–Crippen LogP) is 2.44. The van der Waals surface area contributed by atoms with Crippen molar-refractivity contribution >= 4 is 5.91 Å². The van der Waals surface area contributed by atoms with Crippen molar-refractivity contribution in [2.45, 2.75) is 71.9 Å². The van der Waals surface area contributed by atoms with Crippen molar-refractivity contribution in [1.29, 1.82) is 0 Å². The maximum absolute atomic E-state index is 12.1. The molecule has 3 N–H and O–H groups in total. The first-order valence-corrected chi connectivity index (χ1v) is 6.42. The van der Waals surface area contributed by atoms with Gasteiger partial charge in [0.2, 0.25) is 5.91 Å². The van der Waals surface area contributed by atoms with E-state index in [4.69, 9.17) is 5.73 Å². The van der Waals surface area contributed by atoms with Crippen LogP contribution in [-0.2, 0) is 4.79 Å². The minimum absolute atomic E-state index is 0.0413. The molecule has 0 spiro atoms. The topological polar surface area (TPSA) is 55.1 Å². The van der Waals surface area contributed by atoms with Crippen molar-refractivity contribution in [2.75, 3.05) is 0 Å². The zero-order valence-corrected chi connectivity index (χ0v) is 11.5. The van der Waals surface area contributed by atoms with Gasteiger partial charge in [-0.2, -0.15) is 0 Å². The van der Waals surface area contributed by atoms with Gasteiger partial charge in [0.25, 0.3) is 0 Å². The third kappa shape index (κ3) is 4.97. The molecular weight excluding hydrogens is 200 g/mol. The van der Waals surface area contributed by atoms with Gasteiger partial charge in [-0.3, -0.25) is 4.79 Å². The highest BCUT2D eigenvalue weighted by atomic mass is 16.2. The Bertz CT molecular complexity index is 206. The number of amides is 1. The van der Waals surface area contributed by atoms with Crippen molar-refractivity contribution in [2.24, 2.45) is 11.7 Å². The summed E-state index contributed by atoms with van der Waals surface area (Å²) < 4.78 is 0. The highest BCUT2D eigenvalue weighted by Gasteiger charge is 2.27. The van der Waals surface area contributed by atoms with E-state index in [0.717, 1.165) is 25.7 Å². The van der Waals surface area contributed by atoms with E-state index in [2.05, 4.69) is 19.2 Å². The fourth-order valence-electron chi connectivity index (χ4n) is 1.64. The molecule has 16 heavy (non-hydrogen) atoms. The van der Waals surface area contributed by atoms with E-state index in [-0.39, 0.29) is 23.4 Å². The Hall–Kier alpha value is -0.570. The molecule has 0 aromatic carbocycles. The molecule has 0 rings (SSSR count). The number of nitrogens with one attached hydrogen (secondary N) is 1. The molecule has 96 valence electrons. The number of carbonyl (C=O) groups excluding carboxylic acids is 1. The van der Waals surface area contributed by atoms with Crippen LogP contribution in [0.15, 0.2) is 0 Å². The molecule has 0 fully saturated rings. The number of hydrogen-bond donors (Lipinski definition) is 2. The Morgan fingerprint density at radius 3 is 2.00 bits per heavy atom. The van der Waals surface area contributed by atoms with Crippen LogP contribution in [0.4, 0.5) is 0 Å². The summed E-state index contributed by atoms with van der Waals surface area (Å²) in [5, 5.41) is 3.06. The number of carbonyl (C=O) groups is 1. The van der Waals surface area contributed by atoms with Gasteiger partial charge in [0.05, 0.1) is 0 Å². The van der Waals surface area contributed by atoms with Crippen LogP contribution in [0.1, 0.15) is 60.3 Å². The zero-order chi connectivity index (χ0) is 12.8. The molecule has 0 aliphatic heterocycles. The predicted molar refractivity (Wildman–Crippen MR) is 69.2 cm³/mol. The van der Waals surface area contributed by atoms with Crippen molar-refractivity contribution < 1.29 is 4.79 Å². The minimum Gasteiger partial charge on any atom is -0.349 e. The lowest BCUT2D eigenvalue weighted by molar-refractivity contribution is -0.127. The molecule has 1 unspecified atom stereocenters. The standard InChI is InChI=1S/C13H28N2O/c1-6-8-11(9-7-2)12(16)15-13(4,5)10(3)14/h10-11H,6-9,14H2,1-5H3,(H,15,16). The second-order valence-corrected chi connectivity index (χ2v) is 5.27. The Kier molecular flexibility index (Phi) is 6.65. The second-order valence-electron chi connectivity index (χ2n) is 5.27. The van der Waals surface area contributed by atoms with Gasteiger partial charge in [-0.05, 0) is 33.6 Å². The number of nitrogens with two attached hydrogens (primary N) is 1. The molecule has 1 amide bonds. The molecule has 3 heteroatoms. The van der Waals surface area contributed by atoms with Gasteiger partial charge in [-0.1, -0.05) is 26.7 Å². The van der Waals surface area contributed by atoms with Gasteiger partial charge in [0, 0.05) is 17.5 Å². The summed E-state index contributed by atoms with van der Waals surface area (Å²) in [5.74, 6) is 0.305. The molecule has 0 heterocycles. The number of hydrogen-bond acceptors (Lipinski definition) is 2. The first kappa shape index (κ1) is 15.4. The van der Waals surface area contributed by atoms with Crippen LogP contribution in [0, 0.1) is 5.92 Å². The third-order valence-electron chi connectivity index (χ3n) is 3.23. The lowest BCUT2D eigenvalue weighted by atomic mass is 9.92. The van der Waals surface area contributed by atoms with Gasteiger partial charge in [-0.25, -0.2) is 0 Å². The molecule has 0 aromatic rings. The normalized spacial score (nSPS) is 13.9. The van der Waals surface area contributed by atoms with Crippen LogP contribution >= 0.6 is 0 Å². The molecule has 0 radical (unpaired) electrons. The van der Waals surface area contributed by atoms with E-state index < -0.39 is 0 Å². The summed E-state index contributed by atoms with van der Waals surface area (Å²) >= 11 is 0. The van der Waals surface area contributed by atoms with Crippen LogP contribution in [0.5, 0.6) is 0 Å². The van der Waals surface area contributed by atoms with Crippen LogP contribution < -0.4 is 11.1 Å². The Morgan fingerprint density at radius 2 is 1.69 bits per heavy atom. The summed E-state index contributed by atoms with van der Waals surface area (Å²) in [4.78, 5) is 12.1. The van der Waals surface area contributed by atoms with Crippen LogP contribution in [0.25, 0.3) is 0 Å². The van der Waals surface area contributed by atoms with Gasteiger partial charge < -0.3 is 11.1 Å². The fraction of sp³-hybridized carbons (Fsp3) is 0.923. The molecule has 1 atom stereocenters. The van der Waals surface area contributed by atoms with E-state index in [9.17, 15) is 4.79 Å². The average Bonchev–Trinajstić information content (AvgIpc) is 2.16. The van der Waals surface area contributed by atoms with E-state index in [0.29, 0.717) is 0 Å². The summed E-state index contributed by atoms with van der Waals surface area (Å²) in [7, 11) is 0. The van der Waals surface area contributed by atoms with Gasteiger partial charge in [-0.15, -0.1) is 0 Å². The molecule has 0 aliphatic rings. The molecule has 0 aromatic heterocycles. The van der Waals surface area contributed by atoms with Crippen molar-refractivity contribution in [3.05, 3.63) is 0 Å². The highest BCUT2D eigenvalue weighted by molar-refractivity contribution is 5.79. The van der Waals surface area contributed by atoms with E-state index in [1.807, 2.05) is 20.8 Å². The SMILES string of the molecule is CCCC(CCC)C(=O)NC(C)(C)C(C)N. The van der Waals surface area contributed by atoms with E-state index in [1.165, 1.54) is 0 Å². The first-order valence-electron chi connectivity index (χ1n) is 6.42. The van der Waals surface area contributed by atoms with E-state index >= 15 is 0 Å². The average molecular weight is 228 g/mol. The van der Waals surface area contributed by atoms with Crippen LogP contribution in [-0.4, -0.2) is 17.5 Å². The molecule has 0 bridgehead atoms.